The van der Waals surface area contributed by atoms with Crippen LogP contribution in [0.15, 0.2) is 11.8 Å². The number of carbonyl (C=O) groups excluding carboxylic acids is 1. The normalized spacial score (nSPS) is 9.17. The first kappa shape index (κ1) is 17.8. The van der Waals surface area contributed by atoms with Crippen molar-refractivity contribution in [3.05, 3.63) is 31.6 Å². The van der Waals surface area contributed by atoms with Crippen LogP contribution < -0.4 is 0 Å². The minimum absolute atomic E-state index is 0. The average molecular weight is 262 g/mol. The summed E-state index contributed by atoms with van der Waals surface area (Å²) in [5.74, 6) is -0.0625. The van der Waals surface area contributed by atoms with Crippen molar-refractivity contribution in [1.82, 2.24) is 0 Å². The number of aliphatic hydroxyl groups is 1. The van der Waals surface area contributed by atoms with E-state index in [-0.39, 0.29) is 32.0 Å². The Hall–Kier alpha value is -0.128. The van der Waals surface area contributed by atoms with Crippen LogP contribution in [0, 0.1) is 19.8 Å². The zero-order valence-corrected chi connectivity index (χ0v) is 9.17. The molecule has 0 rings (SSSR count). The van der Waals surface area contributed by atoms with Crippen molar-refractivity contribution < 1.29 is 30.3 Å². The molecular weight excluding hydrogens is 247 g/mol. The molecule has 0 aromatic rings. The second kappa shape index (κ2) is 13.5. The summed E-state index contributed by atoms with van der Waals surface area (Å²) in [7, 11) is 0. The third-order valence-corrected chi connectivity index (χ3v) is 0.648. The van der Waals surface area contributed by atoms with Crippen LogP contribution in [-0.4, -0.2) is 10.9 Å². The first-order valence-electron chi connectivity index (χ1n) is 3.32. The summed E-state index contributed by atoms with van der Waals surface area (Å²) in [5.41, 5.74) is 0. The van der Waals surface area contributed by atoms with Gasteiger partial charge >= 0.3 is 0 Å². The Kier molecular flexibility index (Phi) is 20.0. The van der Waals surface area contributed by atoms with Gasteiger partial charge in [-0.15, -0.1) is 0 Å². The van der Waals surface area contributed by atoms with Crippen LogP contribution in [0.1, 0.15) is 20.8 Å². The second-order valence-electron chi connectivity index (χ2n) is 1.97. The maximum atomic E-state index is 10.0. The van der Waals surface area contributed by atoms with Gasteiger partial charge in [0.1, 0.15) is 0 Å². The van der Waals surface area contributed by atoms with Gasteiger partial charge in [0, 0.05) is 26.5 Å². The Morgan fingerprint density at radius 1 is 1.42 bits per heavy atom. The van der Waals surface area contributed by atoms with E-state index in [1.54, 1.807) is 6.42 Å². The quantitative estimate of drug-likeness (QED) is 0.470. The predicted octanol–water partition coefficient (Wildman–Crippen LogP) is 2.28. The number of unbranched alkanes of at least 4 members (excludes halogenated alkanes) is 1. The molecule has 0 heterocycles. The fraction of sp³-hybridized carbons (Fsp3) is 0.333. The predicted molar refractivity (Wildman–Crippen MR) is 46.7 cm³/mol. The number of hydrogen-bond donors (Lipinski definition) is 1. The number of aliphatic hydroxyl groups excluding tert-OH is 1. The van der Waals surface area contributed by atoms with Gasteiger partial charge in [0.2, 0.25) is 0 Å². The van der Waals surface area contributed by atoms with Gasteiger partial charge in [0.15, 0.2) is 5.78 Å². The molecule has 0 aliphatic carbocycles. The Bertz CT molecular complexity index is 124. The summed E-state index contributed by atoms with van der Waals surface area (Å²) in [6.07, 6.45) is 4.81. The number of ketones is 1. The SMILES string of the molecule is CC(=O)/C=C(/C)O.[CH2][CH][CH]C.[Pd]. The van der Waals surface area contributed by atoms with Gasteiger partial charge in [-0.3, -0.25) is 4.79 Å². The number of allylic oxidation sites excluding steroid dienone is 2. The van der Waals surface area contributed by atoms with Gasteiger partial charge < -0.3 is 5.11 Å². The number of hydrogen-bond acceptors (Lipinski definition) is 2. The van der Waals surface area contributed by atoms with E-state index in [0.29, 0.717) is 0 Å². The van der Waals surface area contributed by atoms with E-state index in [9.17, 15) is 4.79 Å². The molecule has 0 amide bonds. The minimum atomic E-state index is -0.125. The van der Waals surface area contributed by atoms with Gasteiger partial charge in [-0.05, 0) is 33.6 Å². The van der Waals surface area contributed by atoms with Crippen LogP contribution in [0.4, 0.5) is 0 Å². The van der Waals surface area contributed by atoms with Crippen LogP contribution in [0.25, 0.3) is 0 Å². The molecule has 0 aromatic heterocycles. The molecule has 0 saturated carbocycles. The van der Waals surface area contributed by atoms with Crippen molar-refractivity contribution in [2.45, 2.75) is 20.8 Å². The number of rotatable bonds is 2. The van der Waals surface area contributed by atoms with Gasteiger partial charge in [0.25, 0.3) is 0 Å². The van der Waals surface area contributed by atoms with Crippen molar-refractivity contribution in [3.63, 3.8) is 0 Å². The Morgan fingerprint density at radius 2 is 1.75 bits per heavy atom. The summed E-state index contributed by atoms with van der Waals surface area (Å²) in [5, 5.41) is 8.36. The smallest absolute Gasteiger partial charge is 0.155 e. The summed E-state index contributed by atoms with van der Waals surface area (Å²) in [4.78, 5) is 10.0. The maximum absolute atomic E-state index is 10.0. The zero-order chi connectivity index (χ0) is 9.28. The summed E-state index contributed by atoms with van der Waals surface area (Å²) in [6, 6.07) is 0. The fourth-order valence-electron chi connectivity index (χ4n) is 0.294. The maximum Gasteiger partial charge on any atom is 0.155 e. The molecule has 0 unspecified atom stereocenters. The van der Waals surface area contributed by atoms with Gasteiger partial charge in [-0.2, -0.15) is 0 Å². The van der Waals surface area contributed by atoms with Crippen molar-refractivity contribution in [3.8, 4) is 0 Å². The van der Waals surface area contributed by atoms with E-state index < -0.39 is 0 Å². The van der Waals surface area contributed by atoms with Gasteiger partial charge in [-0.1, -0.05) is 6.92 Å². The van der Waals surface area contributed by atoms with E-state index >= 15 is 0 Å². The Labute approximate surface area is 88.7 Å². The summed E-state index contributed by atoms with van der Waals surface area (Å²) < 4.78 is 0. The Balaban J connectivity index is -0.000000142. The van der Waals surface area contributed by atoms with Crippen LogP contribution in [-0.2, 0) is 25.2 Å². The standard InChI is InChI=1S/C5H8O2.C4H7.Pd/c1-4(6)3-5(2)7;1-3-4-2;/h3,6H,1-2H3;3-4H,1H2,2H3;/b4-3-;;. The Morgan fingerprint density at radius 3 is 1.75 bits per heavy atom. The molecule has 0 spiro atoms. The monoisotopic (exact) mass is 261 g/mol. The zero-order valence-electron chi connectivity index (χ0n) is 7.61. The third-order valence-electron chi connectivity index (χ3n) is 0.648. The molecule has 0 fully saturated rings. The van der Waals surface area contributed by atoms with E-state index in [1.165, 1.54) is 19.9 Å². The molecule has 12 heavy (non-hydrogen) atoms. The summed E-state index contributed by atoms with van der Waals surface area (Å²) >= 11 is 0. The van der Waals surface area contributed by atoms with Crippen LogP contribution >= 0.6 is 0 Å². The second-order valence-corrected chi connectivity index (χ2v) is 1.97. The molecule has 0 atom stereocenters. The van der Waals surface area contributed by atoms with E-state index in [2.05, 4.69) is 6.92 Å². The fourth-order valence-corrected chi connectivity index (χ4v) is 0.294. The van der Waals surface area contributed by atoms with Crippen LogP contribution in [0.3, 0.4) is 0 Å². The average Bonchev–Trinajstić information content (AvgIpc) is 1.85. The summed E-state index contributed by atoms with van der Waals surface area (Å²) in [6.45, 7) is 8.21. The molecule has 0 aliphatic heterocycles. The molecule has 2 nitrogen and oxygen atoms in total. The van der Waals surface area contributed by atoms with E-state index in [4.69, 9.17) is 5.11 Å². The first-order valence-corrected chi connectivity index (χ1v) is 3.32. The largest absolute Gasteiger partial charge is 0.512 e. The van der Waals surface area contributed by atoms with Gasteiger partial charge in [0.05, 0.1) is 5.76 Å². The third kappa shape index (κ3) is 32.7. The number of carbonyl (C=O) groups is 1. The van der Waals surface area contributed by atoms with Crippen molar-refractivity contribution in [2.75, 3.05) is 0 Å². The van der Waals surface area contributed by atoms with Gasteiger partial charge in [-0.25, -0.2) is 0 Å². The molecule has 0 aromatic carbocycles. The molecule has 0 saturated heterocycles. The van der Waals surface area contributed by atoms with Crippen molar-refractivity contribution >= 4 is 5.78 Å². The molecule has 73 valence electrons. The van der Waals surface area contributed by atoms with E-state index in [0.717, 1.165) is 0 Å². The molecule has 3 radical (unpaired) electrons. The molecule has 0 bridgehead atoms. The van der Waals surface area contributed by atoms with Crippen molar-refractivity contribution in [2.24, 2.45) is 0 Å². The van der Waals surface area contributed by atoms with Crippen LogP contribution in [0.5, 0.6) is 0 Å². The van der Waals surface area contributed by atoms with Crippen LogP contribution in [0.2, 0.25) is 0 Å². The molecule has 0 aliphatic rings. The molecule has 3 heteroatoms. The molecule has 1 N–H and O–H groups in total. The van der Waals surface area contributed by atoms with Crippen molar-refractivity contribution in [1.29, 1.82) is 0 Å². The van der Waals surface area contributed by atoms with E-state index in [1.807, 2.05) is 13.3 Å². The molecular formula is C9H15O2Pd. The topological polar surface area (TPSA) is 37.3 Å². The first-order chi connectivity index (χ1) is 5.04. The minimum Gasteiger partial charge on any atom is -0.512 e.